The predicted molar refractivity (Wildman–Crippen MR) is 43.2 cm³/mol. The summed E-state index contributed by atoms with van der Waals surface area (Å²) in [4.78, 5) is 10.0. The van der Waals surface area contributed by atoms with Crippen molar-refractivity contribution in [3.8, 4) is 0 Å². The molecular weight excluding hydrogens is 214 g/mol. The highest BCUT2D eigenvalue weighted by atomic mass is 35.6. The van der Waals surface area contributed by atoms with Crippen LogP contribution in [0.5, 0.6) is 0 Å². The van der Waals surface area contributed by atoms with E-state index in [2.05, 4.69) is 9.47 Å². The van der Waals surface area contributed by atoms with Gasteiger partial charge in [0.1, 0.15) is 12.7 Å². The van der Waals surface area contributed by atoms with E-state index in [1.807, 2.05) is 0 Å². The molecule has 0 N–H and O–H groups in total. The van der Waals surface area contributed by atoms with Crippen LogP contribution in [0.2, 0.25) is 0 Å². The Hall–Kier alpha value is 0.140. The number of hydrogen-bond donors (Lipinski definition) is 0. The topological polar surface area (TPSA) is 35.5 Å². The SMILES string of the molecule is CC1COC(=O)O1.ClC(Cl)Cl. The average Bonchev–Trinajstić information content (AvgIpc) is 2.13. The summed E-state index contributed by atoms with van der Waals surface area (Å²) in [6.45, 7) is 2.18. The molecule has 1 aliphatic rings. The highest BCUT2D eigenvalue weighted by molar-refractivity contribution is 6.63. The largest absolute Gasteiger partial charge is 0.508 e. The number of rotatable bonds is 0. The molecule has 1 unspecified atom stereocenters. The Bertz CT molecular complexity index is 125. The van der Waals surface area contributed by atoms with E-state index in [1.54, 1.807) is 6.92 Å². The zero-order chi connectivity index (χ0) is 8.85. The van der Waals surface area contributed by atoms with Gasteiger partial charge in [0.05, 0.1) is 0 Å². The third-order valence-electron chi connectivity index (χ3n) is 0.733. The van der Waals surface area contributed by atoms with Crippen molar-refractivity contribution in [2.45, 2.75) is 17.3 Å². The molecule has 0 bridgehead atoms. The summed E-state index contributed by atoms with van der Waals surface area (Å²) < 4.78 is 8.15. The van der Waals surface area contributed by atoms with E-state index in [-0.39, 0.29) is 6.10 Å². The second kappa shape index (κ2) is 5.75. The third-order valence-corrected chi connectivity index (χ3v) is 0.733. The Morgan fingerprint density at radius 3 is 2.09 bits per heavy atom. The minimum absolute atomic E-state index is 0.0486. The molecule has 11 heavy (non-hydrogen) atoms. The number of alkyl halides is 3. The van der Waals surface area contributed by atoms with Gasteiger partial charge in [0.25, 0.3) is 0 Å². The Morgan fingerprint density at radius 1 is 1.55 bits per heavy atom. The van der Waals surface area contributed by atoms with Crippen molar-refractivity contribution in [3.05, 3.63) is 0 Å². The summed E-state index contributed by atoms with van der Waals surface area (Å²) in [5, 5.41) is 0. The first-order chi connectivity index (χ1) is 5.02. The minimum atomic E-state index is -0.750. The van der Waals surface area contributed by atoms with Crippen LogP contribution in [0.4, 0.5) is 4.79 Å². The van der Waals surface area contributed by atoms with E-state index >= 15 is 0 Å². The van der Waals surface area contributed by atoms with Crippen molar-refractivity contribution in [1.82, 2.24) is 0 Å². The number of cyclic esters (lactones) is 2. The number of hydrogen-bond acceptors (Lipinski definition) is 3. The van der Waals surface area contributed by atoms with Crippen LogP contribution in [-0.2, 0) is 9.47 Å². The molecule has 6 heteroatoms. The van der Waals surface area contributed by atoms with Crippen molar-refractivity contribution in [2.75, 3.05) is 6.61 Å². The summed E-state index contributed by atoms with van der Waals surface area (Å²) in [7, 11) is 0. The summed E-state index contributed by atoms with van der Waals surface area (Å²) >= 11 is 14.4. The Kier molecular flexibility index (Phi) is 5.82. The van der Waals surface area contributed by atoms with Crippen LogP contribution in [0.1, 0.15) is 6.92 Å². The van der Waals surface area contributed by atoms with Gasteiger partial charge in [0.2, 0.25) is 0 Å². The molecule has 0 aromatic heterocycles. The van der Waals surface area contributed by atoms with Gasteiger partial charge in [-0.3, -0.25) is 0 Å². The lowest BCUT2D eigenvalue weighted by molar-refractivity contribution is 0.121. The average molecular weight is 221 g/mol. The molecule has 1 fully saturated rings. The van der Waals surface area contributed by atoms with Crippen molar-refractivity contribution in [1.29, 1.82) is 0 Å². The van der Waals surface area contributed by atoms with Crippen molar-refractivity contribution >= 4 is 41.0 Å². The van der Waals surface area contributed by atoms with Gasteiger partial charge in [0, 0.05) is 0 Å². The van der Waals surface area contributed by atoms with E-state index in [0.717, 1.165) is 0 Å². The molecule has 0 aromatic carbocycles. The maximum Gasteiger partial charge on any atom is 0.508 e. The molecule has 0 saturated carbocycles. The van der Waals surface area contributed by atoms with Crippen LogP contribution in [-0.4, -0.2) is 23.2 Å². The number of halogens is 3. The van der Waals surface area contributed by atoms with E-state index in [0.29, 0.717) is 6.61 Å². The molecule has 0 aromatic rings. The molecule has 0 aliphatic carbocycles. The molecule has 3 nitrogen and oxygen atoms in total. The Labute approximate surface area is 79.5 Å². The lowest BCUT2D eigenvalue weighted by Gasteiger charge is -1.90. The van der Waals surface area contributed by atoms with Crippen molar-refractivity contribution < 1.29 is 14.3 Å². The first kappa shape index (κ1) is 11.1. The Balaban J connectivity index is 0.000000218. The van der Waals surface area contributed by atoms with Gasteiger partial charge in [-0.05, 0) is 6.92 Å². The molecule has 0 radical (unpaired) electrons. The van der Waals surface area contributed by atoms with Crippen molar-refractivity contribution in [2.24, 2.45) is 0 Å². The highest BCUT2D eigenvalue weighted by Crippen LogP contribution is 2.03. The number of ether oxygens (including phenoxy) is 2. The fraction of sp³-hybridized carbons (Fsp3) is 0.800. The standard InChI is InChI=1S/C4H6O3.CHCl3/c1-3-2-6-4(5)7-3;2-1(3)4/h3H,2H2,1H3;1H. The smallest absolute Gasteiger partial charge is 0.430 e. The van der Waals surface area contributed by atoms with Gasteiger partial charge < -0.3 is 9.47 Å². The fourth-order valence-corrected chi connectivity index (χ4v) is 0.418. The summed E-state index contributed by atoms with van der Waals surface area (Å²) in [6, 6.07) is 0. The maximum atomic E-state index is 10.0. The second-order valence-electron chi connectivity index (χ2n) is 1.74. The molecule has 1 aliphatic heterocycles. The lowest BCUT2D eigenvalue weighted by atomic mass is 10.5. The zero-order valence-electron chi connectivity index (χ0n) is 5.72. The summed E-state index contributed by atoms with van der Waals surface area (Å²) in [5.74, 6) is 0. The monoisotopic (exact) mass is 220 g/mol. The van der Waals surface area contributed by atoms with E-state index in [4.69, 9.17) is 34.8 Å². The van der Waals surface area contributed by atoms with E-state index in [9.17, 15) is 4.79 Å². The Morgan fingerprint density at radius 2 is 2.00 bits per heavy atom. The van der Waals surface area contributed by atoms with Crippen LogP contribution < -0.4 is 0 Å². The van der Waals surface area contributed by atoms with Crippen LogP contribution in [0.15, 0.2) is 0 Å². The molecule has 1 saturated heterocycles. The number of carbonyl (C=O) groups excluding carboxylic acids is 1. The van der Waals surface area contributed by atoms with Crippen molar-refractivity contribution in [3.63, 3.8) is 0 Å². The van der Waals surface area contributed by atoms with Crippen LogP contribution in [0.3, 0.4) is 0 Å². The predicted octanol–water partition coefficient (Wildman–Crippen LogP) is 2.53. The maximum absolute atomic E-state index is 10.0. The second-order valence-corrected chi connectivity index (χ2v) is 3.72. The van der Waals surface area contributed by atoms with E-state index in [1.165, 1.54) is 0 Å². The van der Waals surface area contributed by atoms with Crippen LogP contribution >= 0.6 is 34.8 Å². The fourth-order valence-electron chi connectivity index (χ4n) is 0.418. The van der Waals surface area contributed by atoms with Gasteiger partial charge in [-0.15, -0.1) is 0 Å². The third kappa shape index (κ3) is 8.04. The molecular formula is C5H7Cl3O3. The van der Waals surface area contributed by atoms with Gasteiger partial charge >= 0.3 is 6.16 Å². The quantitative estimate of drug-likeness (QED) is 0.466. The van der Waals surface area contributed by atoms with Gasteiger partial charge in [-0.25, -0.2) is 4.79 Å². The van der Waals surface area contributed by atoms with Crippen LogP contribution in [0, 0.1) is 0 Å². The molecule has 66 valence electrons. The van der Waals surface area contributed by atoms with Gasteiger partial charge in [-0.2, -0.15) is 0 Å². The van der Waals surface area contributed by atoms with Gasteiger partial charge in [0.15, 0.2) is 4.30 Å². The first-order valence-corrected chi connectivity index (χ1v) is 4.09. The minimum Gasteiger partial charge on any atom is -0.430 e. The molecule has 1 rings (SSSR count). The number of carbonyl (C=O) groups is 1. The molecule has 0 amide bonds. The van der Waals surface area contributed by atoms with E-state index < -0.39 is 10.5 Å². The van der Waals surface area contributed by atoms with Crippen LogP contribution in [0.25, 0.3) is 0 Å². The molecule has 1 heterocycles. The normalized spacial score (nSPS) is 21.9. The summed E-state index contributed by atoms with van der Waals surface area (Å²) in [5.41, 5.74) is 0. The molecule has 1 atom stereocenters. The highest BCUT2D eigenvalue weighted by Gasteiger charge is 2.19. The lowest BCUT2D eigenvalue weighted by Crippen LogP contribution is -2.01. The zero-order valence-corrected chi connectivity index (χ0v) is 7.99. The first-order valence-electron chi connectivity index (χ1n) is 2.78. The molecule has 0 spiro atoms. The van der Waals surface area contributed by atoms with Gasteiger partial charge in [-0.1, -0.05) is 34.8 Å². The summed E-state index contributed by atoms with van der Waals surface area (Å²) in [6.07, 6.45) is -0.597.